The molecule has 2 aliphatic heterocycles. The normalized spacial score (nSPS) is 12.2. The number of carboxylic acids is 1. The first kappa shape index (κ1) is 35.5. The minimum Gasteiger partial charge on any atom is -0.494 e. The van der Waals surface area contributed by atoms with Crippen LogP contribution in [0.1, 0.15) is 48.1 Å². The number of aromatic nitrogens is 4. The number of nitriles is 1. The molecule has 6 aromatic rings. The number of nitrogens with zero attached hydrogens (tertiary/aromatic N) is 3. The molecule has 0 unspecified atom stereocenters. The van der Waals surface area contributed by atoms with Gasteiger partial charge in [0.15, 0.2) is 0 Å². The first-order valence-electron chi connectivity index (χ1n) is 18.5. The Kier molecular flexibility index (Phi) is 10.1. The van der Waals surface area contributed by atoms with Crippen molar-refractivity contribution in [3.63, 3.8) is 0 Å². The van der Waals surface area contributed by atoms with Crippen LogP contribution in [0, 0.1) is 11.3 Å². The van der Waals surface area contributed by atoms with Crippen LogP contribution < -0.4 is 4.74 Å². The number of hydrogen-bond acceptors (Lipinski definition) is 5. The van der Waals surface area contributed by atoms with Gasteiger partial charge in [0.1, 0.15) is 17.4 Å². The molecule has 8 heteroatoms. The van der Waals surface area contributed by atoms with Crippen LogP contribution in [0.15, 0.2) is 127 Å². The summed E-state index contributed by atoms with van der Waals surface area (Å²) in [7, 11) is 0. The zero-order valence-electron chi connectivity index (χ0n) is 30.7. The molecule has 5 heterocycles. The molecule has 0 spiro atoms. The molecule has 0 aliphatic carbocycles. The summed E-state index contributed by atoms with van der Waals surface area (Å²) < 4.78 is 6.02. The molecule has 3 N–H and O–H groups in total. The summed E-state index contributed by atoms with van der Waals surface area (Å²) in [5.74, 6) is -0.463. The fourth-order valence-corrected chi connectivity index (χ4v) is 6.97. The van der Waals surface area contributed by atoms with Crippen molar-refractivity contribution < 1.29 is 14.6 Å². The van der Waals surface area contributed by atoms with E-state index in [0.29, 0.717) is 12.3 Å². The monoisotopic (exact) mass is 731 g/mol. The van der Waals surface area contributed by atoms with Gasteiger partial charge >= 0.3 is 5.97 Å². The second-order valence-electron chi connectivity index (χ2n) is 13.4. The summed E-state index contributed by atoms with van der Waals surface area (Å²) >= 11 is 0. The topological polar surface area (TPSA) is 128 Å². The summed E-state index contributed by atoms with van der Waals surface area (Å²) in [5.41, 5.74) is 12.5. The number of allylic oxidation sites excluding steroid dienone is 2. The highest BCUT2D eigenvalue weighted by molar-refractivity contribution is 5.98. The SMILES string of the molecule is CCCCOc1ccc(-c2c3nc(c(-c4ccccc4)c4ccc([nH]4)c(/C=C/C=C(/C#N)C(=O)O)c4nc(c(-c5ccccc5)c5ccc2[nH]5)C=C4)C=C3)cc1. The van der Waals surface area contributed by atoms with E-state index in [1.807, 2.05) is 72.8 Å². The first-order chi connectivity index (χ1) is 27.5. The fourth-order valence-electron chi connectivity index (χ4n) is 6.97. The third-order valence-electron chi connectivity index (χ3n) is 9.71. The van der Waals surface area contributed by atoms with Gasteiger partial charge in [-0.3, -0.25) is 0 Å². The Morgan fingerprint density at radius 1 is 0.679 bits per heavy atom. The summed E-state index contributed by atoms with van der Waals surface area (Å²) in [6.45, 7) is 2.83. The van der Waals surface area contributed by atoms with Crippen LogP contribution in [0.3, 0.4) is 0 Å². The van der Waals surface area contributed by atoms with Gasteiger partial charge in [-0.2, -0.15) is 5.26 Å². The molecule has 8 bridgehead atoms. The maximum atomic E-state index is 11.6. The number of aliphatic carboxylic acids is 1. The number of nitrogens with one attached hydrogen (secondary N) is 2. The van der Waals surface area contributed by atoms with Crippen LogP contribution in [-0.2, 0) is 4.79 Å². The lowest BCUT2D eigenvalue weighted by atomic mass is 10.0. The number of rotatable bonds is 10. The average molecular weight is 732 g/mol. The van der Waals surface area contributed by atoms with Gasteiger partial charge in [0.25, 0.3) is 0 Å². The van der Waals surface area contributed by atoms with E-state index in [4.69, 9.17) is 14.7 Å². The second-order valence-corrected chi connectivity index (χ2v) is 13.4. The Morgan fingerprint density at radius 2 is 1.16 bits per heavy atom. The lowest BCUT2D eigenvalue weighted by molar-refractivity contribution is -0.132. The van der Waals surface area contributed by atoms with Crippen LogP contribution >= 0.6 is 0 Å². The highest BCUT2D eigenvalue weighted by Crippen LogP contribution is 2.37. The van der Waals surface area contributed by atoms with Gasteiger partial charge < -0.3 is 19.8 Å². The number of aromatic amines is 2. The summed E-state index contributed by atoms with van der Waals surface area (Å²) in [6, 6.07) is 38.4. The summed E-state index contributed by atoms with van der Waals surface area (Å²) in [5, 5.41) is 18.9. The van der Waals surface area contributed by atoms with Gasteiger partial charge in [-0.15, -0.1) is 0 Å². The molecule has 8 nitrogen and oxygen atoms in total. The van der Waals surface area contributed by atoms with Crippen molar-refractivity contribution in [1.82, 2.24) is 19.9 Å². The second kappa shape index (κ2) is 15.8. The zero-order chi connectivity index (χ0) is 38.4. The van der Waals surface area contributed by atoms with Crippen LogP contribution in [0.5, 0.6) is 5.75 Å². The summed E-state index contributed by atoms with van der Waals surface area (Å²) in [4.78, 5) is 29.5. The molecule has 0 saturated carbocycles. The Labute approximate surface area is 324 Å². The highest BCUT2D eigenvalue weighted by atomic mass is 16.5. The molecule has 2 aliphatic rings. The van der Waals surface area contributed by atoms with Crippen LogP contribution in [-0.4, -0.2) is 37.6 Å². The smallest absolute Gasteiger partial charge is 0.346 e. The van der Waals surface area contributed by atoms with Crippen molar-refractivity contribution in [2.75, 3.05) is 6.61 Å². The van der Waals surface area contributed by atoms with Crippen LogP contribution in [0.4, 0.5) is 0 Å². The van der Waals surface area contributed by atoms with Gasteiger partial charge in [-0.05, 0) is 89.9 Å². The third-order valence-corrected chi connectivity index (χ3v) is 9.71. The molecule has 3 aromatic carbocycles. The van der Waals surface area contributed by atoms with Gasteiger partial charge in [0.2, 0.25) is 0 Å². The van der Waals surface area contributed by atoms with E-state index in [-0.39, 0.29) is 5.57 Å². The van der Waals surface area contributed by atoms with Gasteiger partial charge in [0.05, 0.1) is 29.4 Å². The Balaban J connectivity index is 1.47. The lowest BCUT2D eigenvalue weighted by Gasteiger charge is -2.08. The van der Waals surface area contributed by atoms with E-state index in [1.165, 1.54) is 6.08 Å². The summed E-state index contributed by atoms with van der Waals surface area (Å²) in [6.07, 6.45) is 14.8. The van der Waals surface area contributed by atoms with Crippen molar-refractivity contribution in [3.05, 3.63) is 155 Å². The fraction of sp³-hybridized carbons (Fsp3) is 0.0833. The van der Waals surface area contributed by atoms with E-state index >= 15 is 0 Å². The lowest BCUT2D eigenvalue weighted by Crippen LogP contribution is -1.96. The molecule has 3 aromatic heterocycles. The minimum atomic E-state index is -1.29. The van der Waals surface area contributed by atoms with Crippen molar-refractivity contribution in [3.8, 4) is 45.2 Å². The van der Waals surface area contributed by atoms with Crippen molar-refractivity contribution in [1.29, 1.82) is 5.26 Å². The van der Waals surface area contributed by atoms with Gasteiger partial charge in [-0.1, -0.05) is 98.3 Å². The van der Waals surface area contributed by atoms with E-state index < -0.39 is 5.97 Å². The molecule has 8 rings (SSSR count). The molecule has 272 valence electrons. The number of unbranched alkanes of at least 4 members (excludes halogenated alkanes) is 1. The number of benzene rings is 3. The molecule has 0 radical (unpaired) electrons. The molecular formula is C48H37N5O3. The van der Waals surface area contributed by atoms with Crippen molar-refractivity contribution in [2.45, 2.75) is 19.8 Å². The van der Waals surface area contributed by atoms with E-state index in [1.54, 1.807) is 18.2 Å². The largest absolute Gasteiger partial charge is 0.494 e. The predicted molar refractivity (Wildman–Crippen MR) is 226 cm³/mol. The van der Waals surface area contributed by atoms with E-state index in [0.717, 1.165) is 96.7 Å². The number of ether oxygens (including phenoxy) is 1. The van der Waals surface area contributed by atoms with Gasteiger partial charge in [0, 0.05) is 44.3 Å². The molecule has 56 heavy (non-hydrogen) atoms. The molecule has 0 saturated heterocycles. The molecular weight excluding hydrogens is 695 g/mol. The standard InChI is InChI=1S/C48H37N5O3/c1-2-3-29-56-35-19-17-33(18-20-35)47-43-27-25-41(52-43)45(31-11-6-4-7-12-31)39-23-21-37(50-39)36(16-10-15-34(30-49)48(54)55)38-22-24-40(51-38)46(32-13-8-5-9-14-32)42-26-28-44(47)53-42/h4-28,50,53H,2-3,29H2,1H3,(H,54,55)/b16-10+,34-15-,37-36?,38-36?,45-39?,45-41?,46-40?,46-42?,47-43?,47-44?. The Morgan fingerprint density at radius 3 is 1.68 bits per heavy atom. The number of carbonyl (C=O) groups is 1. The van der Waals surface area contributed by atoms with Crippen molar-refractivity contribution in [2.24, 2.45) is 0 Å². The van der Waals surface area contributed by atoms with E-state index in [2.05, 4.69) is 77.6 Å². The Bertz CT molecular complexity index is 2740. The molecule has 0 atom stereocenters. The molecule has 0 fully saturated rings. The van der Waals surface area contributed by atoms with Crippen LogP contribution in [0.25, 0.3) is 85.8 Å². The predicted octanol–water partition coefficient (Wildman–Crippen LogP) is 11.4. The number of carboxylic acid groups (broad SMARTS) is 1. The number of fused-ring (bicyclic) bond motifs is 8. The van der Waals surface area contributed by atoms with E-state index in [9.17, 15) is 15.2 Å². The van der Waals surface area contributed by atoms with Crippen molar-refractivity contribution >= 4 is 58.4 Å². The van der Waals surface area contributed by atoms with Crippen LogP contribution in [0.2, 0.25) is 0 Å². The Hall–Kier alpha value is -7.50. The number of H-pyrrole nitrogens is 2. The average Bonchev–Trinajstić information content (AvgIpc) is 4.07. The maximum Gasteiger partial charge on any atom is 0.346 e. The number of hydrogen-bond donors (Lipinski definition) is 3. The van der Waals surface area contributed by atoms with Gasteiger partial charge in [-0.25, -0.2) is 14.8 Å². The minimum absolute atomic E-state index is 0.370. The maximum absolute atomic E-state index is 11.6. The highest BCUT2D eigenvalue weighted by Gasteiger charge is 2.18. The third kappa shape index (κ3) is 7.22. The zero-order valence-corrected chi connectivity index (χ0v) is 30.7. The first-order valence-corrected chi connectivity index (χ1v) is 18.5. The molecule has 0 amide bonds. The quantitative estimate of drug-likeness (QED) is 0.0556.